The van der Waals surface area contributed by atoms with Crippen LogP contribution in [0.3, 0.4) is 0 Å². The third-order valence-corrected chi connectivity index (χ3v) is 5.10. The van der Waals surface area contributed by atoms with Gasteiger partial charge in [0.2, 0.25) is 0 Å². The molecule has 0 fully saturated rings. The van der Waals surface area contributed by atoms with E-state index in [0.29, 0.717) is 11.3 Å². The first-order valence-electron chi connectivity index (χ1n) is 10.2. The van der Waals surface area contributed by atoms with E-state index in [1.54, 1.807) is 60.7 Å². The maximum atomic E-state index is 13.3. The van der Waals surface area contributed by atoms with E-state index in [-0.39, 0.29) is 22.8 Å². The lowest BCUT2D eigenvalue weighted by Crippen LogP contribution is -2.31. The number of amides is 2. The van der Waals surface area contributed by atoms with E-state index in [1.165, 1.54) is 0 Å². The molecule has 0 aromatic heterocycles. The van der Waals surface area contributed by atoms with Crippen LogP contribution in [-0.4, -0.2) is 16.9 Å². The van der Waals surface area contributed by atoms with E-state index in [2.05, 4.69) is 10.6 Å². The van der Waals surface area contributed by atoms with E-state index in [0.717, 1.165) is 5.56 Å². The fourth-order valence-electron chi connectivity index (χ4n) is 3.53. The number of hydrogen-bond acceptors (Lipinski definition) is 3. The van der Waals surface area contributed by atoms with Gasteiger partial charge in [-0.25, -0.2) is 0 Å². The van der Waals surface area contributed by atoms with Crippen molar-refractivity contribution >= 4 is 17.5 Å². The number of nitrogens with one attached hydrogen (secondary N) is 2. The summed E-state index contributed by atoms with van der Waals surface area (Å²) in [5.74, 6) is -0.710. The van der Waals surface area contributed by atoms with Gasteiger partial charge in [-0.1, -0.05) is 78.9 Å². The van der Waals surface area contributed by atoms with E-state index >= 15 is 0 Å². The second-order valence-electron chi connectivity index (χ2n) is 7.24. The summed E-state index contributed by atoms with van der Waals surface area (Å²) in [6.45, 7) is 0. The molecular formula is C27H22N2O3. The molecule has 4 aromatic carbocycles. The largest absolute Gasteiger partial charge is 0.508 e. The lowest BCUT2D eigenvalue weighted by Gasteiger charge is -2.21. The molecule has 0 saturated carbocycles. The summed E-state index contributed by atoms with van der Waals surface area (Å²) in [7, 11) is 0. The van der Waals surface area contributed by atoms with Crippen molar-refractivity contribution in [2.45, 2.75) is 6.04 Å². The molecule has 0 aliphatic rings. The van der Waals surface area contributed by atoms with Gasteiger partial charge in [0.25, 0.3) is 11.8 Å². The summed E-state index contributed by atoms with van der Waals surface area (Å²) < 4.78 is 0. The predicted molar refractivity (Wildman–Crippen MR) is 125 cm³/mol. The Kier molecular flexibility index (Phi) is 6.28. The van der Waals surface area contributed by atoms with E-state index in [9.17, 15) is 14.7 Å². The molecular weight excluding hydrogens is 400 g/mol. The Morgan fingerprint density at radius 1 is 0.625 bits per heavy atom. The first-order valence-corrected chi connectivity index (χ1v) is 10.2. The van der Waals surface area contributed by atoms with Crippen molar-refractivity contribution in [3.63, 3.8) is 0 Å². The van der Waals surface area contributed by atoms with Gasteiger partial charge in [-0.05, 0) is 35.9 Å². The number of benzene rings is 4. The highest BCUT2D eigenvalue weighted by atomic mass is 16.3. The smallest absolute Gasteiger partial charge is 0.256 e. The minimum atomic E-state index is -0.588. The average Bonchev–Trinajstić information content (AvgIpc) is 2.84. The van der Waals surface area contributed by atoms with Gasteiger partial charge in [0.05, 0.1) is 17.2 Å². The molecule has 0 spiro atoms. The van der Waals surface area contributed by atoms with Gasteiger partial charge in [-0.2, -0.15) is 0 Å². The summed E-state index contributed by atoms with van der Waals surface area (Å²) in [6, 6.07) is 31.4. The Hall–Kier alpha value is -4.38. The molecule has 2 amide bonds. The molecule has 3 N–H and O–H groups in total. The Morgan fingerprint density at radius 3 is 1.81 bits per heavy atom. The van der Waals surface area contributed by atoms with Gasteiger partial charge >= 0.3 is 0 Å². The van der Waals surface area contributed by atoms with E-state index < -0.39 is 11.9 Å². The average molecular weight is 422 g/mol. The molecule has 0 radical (unpaired) electrons. The van der Waals surface area contributed by atoms with Crippen LogP contribution in [0, 0.1) is 0 Å². The van der Waals surface area contributed by atoms with E-state index in [1.807, 2.05) is 48.5 Å². The fraction of sp³-hybridized carbons (Fsp3) is 0.0370. The molecule has 1 atom stereocenters. The summed E-state index contributed by atoms with van der Waals surface area (Å²) in [5, 5.41) is 16.2. The highest BCUT2D eigenvalue weighted by Gasteiger charge is 2.23. The van der Waals surface area contributed by atoms with Crippen molar-refractivity contribution in [2.24, 2.45) is 0 Å². The maximum Gasteiger partial charge on any atom is 0.256 e. The van der Waals surface area contributed by atoms with Crippen LogP contribution in [0.2, 0.25) is 0 Å². The van der Waals surface area contributed by atoms with Gasteiger partial charge in [-0.15, -0.1) is 0 Å². The van der Waals surface area contributed by atoms with E-state index in [4.69, 9.17) is 0 Å². The van der Waals surface area contributed by atoms with Gasteiger partial charge in [0.1, 0.15) is 5.75 Å². The highest BCUT2D eigenvalue weighted by Crippen LogP contribution is 2.29. The first kappa shape index (κ1) is 20.9. The summed E-state index contributed by atoms with van der Waals surface area (Å²) in [4.78, 5) is 26.2. The maximum absolute atomic E-state index is 13.3. The molecule has 158 valence electrons. The van der Waals surface area contributed by atoms with Crippen LogP contribution in [0.25, 0.3) is 0 Å². The predicted octanol–water partition coefficient (Wildman–Crippen LogP) is 5.16. The standard InChI is InChI=1S/C27H22N2O3/c30-24-18-10-9-17-23(24)25(19-11-3-1-4-12-19)29-27(32)22-16-8-7-15-21(22)26(31)28-20-13-5-2-6-14-20/h1-18,25,30H,(H,28,31)(H,29,32). The molecule has 5 heteroatoms. The fourth-order valence-corrected chi connectivity index (χ4v) is 3.53. The summed E-state index contributed by atoms with van der Waals surface area (Å²) in [5.41, 5.74) is 2.53. The second-order valence-corrected chi connectivity index (χ2v) is 7.24. The van der Waals surface area contributed by atoms with Crippen molar-refractivity contribution < 1.29 is 14.7 Å². The number of phenolic OH excluding ortho intramolecular Hbond substituents is 1. The van der Waals surface area contributed by atoms with Crippen LogP contribution in [0.4, 0.5) is 5.69 Å². The molecule has 5 nitrogen and oxygen atoms in total. The topological polar surface area (TPSA) is 78.4 Å². The summed E-state index contributed by atoms with van der Waals surface area (Å²) >= 11 is 0. The minimum absolute atomic E-state index is 0.0803. The van der Waals surface area contributed by atoms with Crippen molar-refractivity contribution in [1.82, 2.24) is 5.32 Å². The van der Waals surface area contributed by atoms with Crippen LogP contribution in [0.15, 0.2) is 109 Å². The Bertz CT molecular complexity index is 1220. The molecule has 32 heavy (non-hydrogen) atoms. The molecule has 4 rings (SSSR count). The Labute approximate surface area is 186 Å². The number of rotatable bonds is 6. The molecule has 0 saturated heterocycles. The SMILES string of the molecule is O=C(Nc1ccccc1)c1ccccc1C(=O)NC(c1ccccc1)c1ccccc1O. The third-order valence-electron chi connectivity index (χ3n) is 5.10. The van der Waals surface area contributed by atoms with Crippen LogP contribution < -0.4 is 10.6 Å². The Balaban J connectivity index is 1.65. The monoisotopic (exact) mass is 422 g/mol. The lowest BCUT2D eigenvalue weighted by atomic mass is 9.97. The highest BCUT2D eigenvalue weighted by molar-refractivity contribution is 6.12. The normalized spacial score (nSPS) is 11.4. The molecule has 0 aliphatic heterocycles. The number of phenols is 1. The van der Waals surface area contributed by atoms with Crippen LogP contribution in [-0.2, 0) is 0 Å². The molecule has 0 aliphatic carbocycles. The summed E-state index contributed by atoms with van der Waals surface area (Å²) in [6.07, 6.45) is 0. The van der Waals surface area contributed by atoms with Crippen LogP contribution >= 0.6 is 0 Å². The zero-order chi connectivity index (χ0) is 22.3. The van der Waals surface area contributed by atoms with Crippen LogP contribution in [0.5, 0.6) is 5.75 Å². The van der Waals surface area contributed by atoms with Gasteiger partial charge in [0, 0.05) is 11.3 Å². The van der Waals surface area contributed by atoms with Crippen LogP contribution in [0.1, 0.15) is 37.9 Å². The number of aromatic hydroxyl groups is 1. The zero-order valence-corrected chi connectivity index (χ0v) is 17.2. The molecule has 0 bridgehead atoms. The second kappa shape index (κ2) is 9.62. The Morgan fingerprint density at radius 2 is 1.16 bits per heavy atom. The molecule has 4 aromatic rings. The number of carbonyl (C=O) groups is 2. The first-order chi connectivity index (χ1) is 15.6. The lowest BCUT2D eigenvalue weighted by molar-refractivity contribution is 0.0930. The van der Waals surface area contributed by atoms with Crippen molar-refractivity contribution in [1.29, 1.82) is 0 Å². The minimum Gasteiger partial charge on any atom is -0.508 e. The van der Waals surface area contributed by atoms with Crippen molar-refractivity contribution in [3.8, 4) is 5.75 Å². The number of hydrogen-bond donors (Lipinski definition) is 3. The number of carbonyl (C=O) groups excluding carboxylic acids is 2. The number of para-hydroxylation sites is 2. The van der Waals surface area contributed by atoms with Crippen molar-refractivity contribution in [3.05, 3.63) is 131 Å². The molecule has 0 heterocycles. The third kappa shape index (κ3) is 4.68. The van der Waals surface area contributed by atoms with Gasteiger partial charge in [-0.3, -0.25) is 9.59 Å². The zero-order valence-electron chi connectivity index (χ0n) is 17.2. The van der Waals surface area contributed by atoms with Gasteiger partial charge < -0.3 is 15.7 Å². The quantitative estimate of drug-likeness (QED) is 0.401. The van der Waals surface area contributed by atoms with Crippen molar-refractivity contribution in [2.75, 3.05) is 5.32 Å². The number of anilines is 1. The van der Waals surface area contributed by atoms with Gasteiger partial charge in [0.15, 0.2) is 0 Å². The molecule has 1 unspecified atom stereocenters.